The van der Waals surface area contributed by atoms with Crippen LogP contribution in [0.4, 0.5) is 0 Å². The Morgan fingerprint density at radius 2 is 1.03 bits per heavy atom. The summed E-state index contributed by atoms with van der Waals surface area (Å²) >= 11 is 0. The highest BCUT2D eigenvalue weighted by Gasteiger charge is 2.28. The molecule has 0 aliphatic rings. The number of benzene rings is 3. The smallest absolute Gasteiger partial charge is 0.126 e. The summed E-state index contributed by atoms with van der Waals surface area (Å²) in [7, 11) is 1.78. The van der Waals surface area contributed by atoms with Crippen LogP contribution < -0.4 is 4.74 Å². The predicted octanol–water partition coefficient (Wildman–Crippen LogP) is 9.65. The van der Waals surface area contributed by atoms with E-state index in [1.165, 1.54) is 33.4 Å². The number of nitrogens with zero attached hydrogens (tertiary/aromatic N) is 2. The molecule has 2 heterocycles. The Balaban J connectivity index is 1.77. The number of hydrogen-bond acceptors (Lipinski definition) is 3. The van der Waals surface area contributed by atoms with E-state index in [1.807, 2.05) is 0 Å². The second-order valence-corrected chi connectivity index (χ2v) is 13.0. The summed E-state index contributed by atoms with van der Waals surface area (Å²) in [4.78, 5) is 10.5. The zero-order valence-electron chi connectivity index (χ0n) is 25.1. The predicted molar refractivity (Wildman–Crippen MR) is 166 cm³/mol. The summed E-state index contributed by atoms with van der Waals surface area (Å²) in [6.45, 7) is 19.9. The average molecular weight is 517 g/mol. The van der Waals surface area contributed by atoms with Crippen molar-refractivity contribution in [3.8, 4) is 28.3 Å². The van der Waals surface area contributed by atoms with Crippen molar-refractivity contribution in [3.05, 3.63) is 88.5 Å². The van der Waals surface area contributed by atoms with Crippen molar-refractivity contribution in [2.75, 3.05) is 7.11 Å². The van der Waals surface area contributed by atoms with Gasteiger partial charge in [0.05, 0.1) is 29.5 Å². The molecule has 0 amide bonds. The van der Waals surface area contributed by atoms with Gasteiger partial charge in [0, 0.05) is 33.0 Å². The molecule has 0 spiro atoms. The maximum atomic E-state index is 6.00. The molecule has 0 atom stereocenters. The van der Waals surface area contributed by atoms with Gasteiger partial charge in [-0.05, 0) is 67.0 Å². The van der Waals surface area contributed by atoms with Crippen molar-refractivity contribution in [1.82, 2.24) is 9.97 Å². The molecule has 3 aromatic carbocycles. The summed E-state index contributed by atoms with van der Waals surface area (Å²) in [6, 6.07) is 21.9. The first-order valence-corrected chi connectivity index (χ1v) is 13.8. The van der Waals surface area contributed by atoms with Crippen LogP contribution in [0.5, 0.6) is 5.75 Å². The van der Waals surface area contributed by atoms with Gasteiger partial charge in [-0.2, -0.15) is 0 Å². The molecule has 0 aliphatic heterocycles. The van der Waals surface area contributed by atoms with Crippen molar-refractivity contribution >= 4 is 21.8 Å². The van der Waals surface area contributed by atoms with E-state index in [4.69, 9.17) is 14.7 Å². The maximum absolute atomic E-state index is 6.00. The highest BCUT2D eigenvalue weighted by molar-refractivity contribution is 6.04. The highest BCUT2D eigenvalue weighted by atomic mass is 16.5. The Labute approximate surface area is 233 Å². The van der Waals surface area contributed by atoms with Gasteiger partial charge in [0.25, 0.3) is 0 Å². The number of hydrogen-bond donors (Lipinski definition) is 0. The summed E-state index contributed by atoms with van der Waals surface area (Å²) in [5, 5.41) is 2.19. The summed E-state index contributed by atoms with van der Waals surface area (Å²) < 4.78 is 6.00. The lowest BCUT2D eigenvalue weighted by Gasteiger charge is -2.30. The highest BCUT2D eigenvalue weighted by Crippen LogP contribution is 2.43. The monoisotopic (exact) mass is 516 g/mol. The minimum Gasteiger partial charge on any atom is -0.496 e. The fraction of sp³-hybridized carbons (Fsp3) is 0.333. The first-order chi connectivity index (χ1) is 18.3. The van der Waals surface area contributed by atoms with Crippen LogP contribution >= 0.6 is 0 Å². The Bertz CT molecular complexity index is 1670. The fourth-order valence-electron chi connectivity index (χ4n) is 5.76. The molecule has 39 heavy (non-hydrogen) atoms. The standard InChI is InChI=1S/C36H40N2O/c1-21-17-22(2)31(23(3)18-21)30-16-14-25-12-11-24-13-15-29(37-32(24)33(25)38-30)26-19-27(35(4,5)6)34(39-10)28(20-26)36(7,8)9/h11-20H,1-10H3. The molecule has 0 N–H and O–H groups in total. The molecule has 0 fully saturated rings. The number of rotatable bonds is 3. The van der Waals surface area contributed by atoms with Gasteiger partial charge >= 0.3 is 0 Å². The molecule has 0 saturated heterocycles. The molecular weight excluding hydrogens is 476 g/mol. The molecule has 0 radical (unpaired) electrons. The molecule has 2 aromatic heterocycles. The Hall–Kier alpha value is -3.72. The van der Waals surface area contributed by atoms with Crippen LogP contribution in [0.3, 0.4) is 0 Å². The van der Waals surface area contributed by atoms with E-state index >= 15 is 0 Å². The molecule has 0 saturated carbocycles. The number of aryl methyl sites for hydroxylation is 3. The van der Waals surface area contributed by atoms with Crippen molar-refractivity contribution in [2.45, 2.75) is 73.1 Å². The second-order valence-electron chi connectivity index (χ2n) is 13.0. The summed E-state index contributed by atoms with van der Waals surface area (Å²) in [6.07, 6.45) is 0. The van der Waals surface area contributed by atoms with Crippen molar-refractivity contribution in [1.29, 1.82) is 0 Å². The second kappa shape index (κ2) is 9.48. The summed E-state index contributed by atoms with van der Waals surface area (Å²) in [5.74, 6) is 0.972. The van der Waals surface area contributed by atoms with Gasteiger partial charge in [0.2, 0.25) is 0 Å². The van der Waals surface area contributed by atoms with Gasteiger partial charge in [0.15, 0.2) is 0 Å². The minimum absolute atomic E-state index is 0.0783. The number of aromatic nitrogens is 2. The normalized spacial score (nSPS) is 12.4. The number of methoxy groups -OCH3 is 1. The summed E-state index contributed by atoms with van der Waals surface area (Å²) in [5.41, 5.74) is 12.1. The molecular formula is C36H40N2O. The van der Waals surface area contributed by atoms with E-state index in [1.54, 1.807) is 7.11 Å². The molecule has 0 bridgehead atoms. The minimum atomic E-state index is -0.0783. The molecule has 0 aliphatic carbocycles. The third-order valence-corrected chi connectivity index (χ3v) is 7.66. The third kappa shape index (κ3) is 4.91. The van der Waals surface area contributed by atoms with E-state index in [0.717, 1.165) is 44.5 Å². The van der Waals surface area contributed by atoms with Gasteiger partial charge in [-0.25, -0.2) is 9.97 Å². The first kappa shape index (κ1) is 26.9. The largest absolute Gasteiger partial charge is 0.496 e. The van der Waals surface area contributed by atoms with Crippen LogP contribution in [0, 0.1) is 20.8 Å². The van der Waals surface area contributed by atoms with E-state index in [0.29, 0.717) is 0 Å². The number of fused-ring (bicyclic) bond motifs is 3. The molecule has 5 rings (SSSR count). The quantitative estimate of drug-likeness (QED) is 0.224. The van der Waals surface area contributed by atoms with E-state index in [9.17, 15) is 0 Å². The first-order valence-electron chi connectivity index (χ1n) is 13.8. The van der Waals surface area contributed by atoms with Crippen LogP contribution in [0.2, 0.25) is 0 Å². The SMILES string of the molecule is COc1c(C(C)(C)C)cc(-c2ccc3ccc4ccc(-c5c(C)cc(C)cc5C)nc4c3n2)cc1C(C)(C)C. The number of ether oxygens (including phenoxy) is 1. The van der Waals surface area contributed by atoms with Gasteiger partial charge in [-0.3, -0.25) is 0 Å². The van der Waals surface area contributed by atoms with Gasteiger partial charge in [-0.1, -0.05) is 83.5 Å². The van der Waals surface area contributed by atoms with Gasteiger partial charge in [0.1, 0.15) is 5.75 Å². The zero-order chi connectivity index (χ0) is 28.3. The molecule has 3 nitrogen and oxygen atoms in total. The van der Waals surface area contributed by atoms with Crippen LogP contribution in [-0.4, -0.2) is 17.1 Å². The van der Waals surface area contributed by atoms with Crippen LogP contribution in [0.25, 0.3) is 44.3 Å². The van der Waals surface area contributed by atoms with Crippen LogP contribution in [0.1, 0.15) is 69.4 Å². The molecule has 3 heteroatoms. The topological polar surface area (TPSA) is 35.0 Å². The lowest BCUT2D eigenvalue weighted by molar-refractivity contribution is 0.381. The fourth-order valence-corrected chi connectivity index (χ4v) is 5.76. The average Bonchev–Trinajstić information content (AvgIpc) is 2.85. The zero-order valence-corrected chi connectivity index (χ0v) is 25.1. The van der Waals surface area contributed by atoms with E-state index in [-0.39, 0.29) is 10.8 Å². The van der Waals surface area contributed by atoms with E-state index in [2.05, 4.69) is 123 Å². The molecule has 5 aromatic rings. The van der Waals surface area contributed by atoms with Crippen molar-refractivity contribution in [3.63, 3.8) is 0 Å². The van der Waals surface area contributed by atoms with Gasteiger partial charge < -0.3 is 4.74 Å². The number of pyridine rings is 2. The van der Waals surface area contributed by atoms with E-state index < -0.39 is 0 Å². The Morgan fingerprint density at radius 3 is 1.49 bits per heavy atom. The Kier molecular flexibility index (Phi) is 6.53. The molecule has 200 valence electrons. The lowest BCUT2D eigenvalue weighted by atomic mass is 9.78. The van der Waals surface area contributed by atoms with Crippen molar-refractivity contribution in [2.24, 2.45) is 0 Å². The van der Waals surface area contributed by atoms with Crippen LogP contribution in [0.15, 0.2) is 60.7 Å². The van der Waals surface area contributed by atoms with Gasteiger partial charge in [-0.15, -0.1) is 0 Å². The maximum Gasteiger partial charge on any atom is 0.126 e. The molecule has 0 unspecified atom stereocenters. The van der Waals surface area contributed by atoms with Crippen LogP contribution in [-0.2, 0) is 10.8 Å². The Morgan fingerprint density at radius 1 is 0.590 bits per heavy atom. The third-order valence-electron chi connectivity index (χ3n) is 7.66. The lowest BCUT2D eigenvalue weighted by Crippen LogP contribution is -2.19. The van der Waals surface area contributed by atoms with Crippen molar-refractivity contribution < 1.29 is 4.74 Å².